The Morgan fingerprint density at radius 2 is 2.18 bits per heavy atom. The van der Waals surface area contributed by atoms with E-state index in [9.17, 15) is 13.2 Å². The number of nitrogens with one attached hydrogen (secondary N) is 1. The van der Waals surface area contributed by atoms with Crippen molar-refractivity contribution in [3.8, 4) is 0 Å². The van der Waals surface area contributed by atoms with Crippen molar-refractivity contribution in [3.05, 3.63) is 18.3 Å². The van der Waals surface area contributed by atoms with E-state index in [0.29, 0.717) is 17.9 Å². The maximum absolute atomic E-state index is 11.4. The van der Waals surface area contributed by atoms with Crippen molar-refractivity contribution in [2.45, 2.75) is 13.3 Å². The average Bonchev–Trinajstić information content (AvgIpc) is 2.20. The summed E-state index contributed by atoms with van der Waals surface area (Å²) in [6.07, 6.45) is 1.87. The summed E-state index contributed by atoms with van der Waals surface area (Å²) in [5, 5.41) is 2.45. The van der Waals surface area contributed by atoms with E-state index < -0.39 is 21.5 Å². The molecule has 0 bridgehead atoms. The third-order valence-electron chi connectivity index (χ3n) is 1.94. The Bertz CT molecular complexity index is 482. The van der Waals surface area contributed by atoms with Gasteiger partial charge in [0, 0.05) is 0 Å². The van der Waals surface area contributed by atoms with Crippen LogP contribution in [-0.2, 0) is 14.6 Å². The standard InChI is InChI=1S/C10H15N3O3S/c1-2-5-17(15,16)7-10(14)13-8-3-4-9(11)12-6-8/h3-4,6H,2,5,7H2,1H3,(H2,11,12)(H,13,14). The summed E-state index contributed by atoms with van der Waals surface area (Å²) in [6.45, 7) is 1.75. The zero-order chi connectivity index (χ0) is 12.9. The highest BCUT2D eigenvalue weighted by Crippen LogP contribution is 2.07. The van der Waals surface area contributed by atoms with Crippen LogP contribution in [0.1, 0.15) is 13.3 Å². The molecule has 0 saturated heterocycles. The highest BCUT2D eigenvalue weighted by Gasteiger charge is 2.15. The normalized spacial score (nSPS) is 11.1. The lowest BCUT2D eigenvalue weighted by Crippen LogP contribution is -2.24. The minimum Gasteiger partial charge on any atom is -0.384 e. The van der Waals surface area contributed by atoms with Crippen LogP contribution in [0.15, 0.2) is 18.3 Å². The number of hydrogen-bond donors (Lipinski definition) is 2. The summed E-state index contributed by atoms with van der Waals surface area (Å²) in [7, 11) is -3.32. The van der Waals surface area contributed by atoms with Crippen LogP contribution in [0, 0.1) is 0 Å². The molecule has 1 rings (SSSR count). The van der Waals surface area contributed by atoms with Gasteiger partial charge in [0.1, 0.15) is 11.6 Å². The molecule has 0 atom stereocenters. The number of sulfone groups is 1. The van der Waals surface area contributed by atoms with Crippen LogP contribution in [0.2, 0.25) is 0 Å². The number of pyridine rings is 1. The number of amides is 1. The Morgan fingerprint density at radius 1 is 1.47 bits per heavy atom. The Morgan fingerprint density at radius 3 is 2.71 bits per heavy atom. The van der Waals surface area contributed by atoms with Crippen LogP contribution >= 0.6 is 0 Å². The predicted molar refractivity (Wildman–Crippen MR) is 66.2 cm³/mol. The Kier molecular flexibility index (Phi) is 4.45. The fourth-order valence-electron chi connectivity index (χ4n) is 1.26. The van der Waals surface area contributed by atoms with E-state index in [1.54, 1.807) is 13.0 Å². The monoisotopic (exact) mass is 257 g/mol. The summed E-state index contributed by atoms with van der Waals surface area (Å²) >= 11 is 0. The first-order valence-corrected chi connectivity index (χ1v) is 6.97. The number of carbonyl (C=O) groups excluding carboxylic acids is 1. The van der Waals surface area contributed by atoms with E-state index in [0.717, 1.165) is 0 Å². The zero-order valence-electron chi connectivity index (χ0n) is 9.51. The van der Waals surface area contributed by atoms with E-state index >= 15 is 0 Å². The topological polar surface area (TPSA) is 102 Å². The first-order chi connectivity index (χ1) is 7.93. The van der Waals surface area contributed by atoms with Crippen molar-refractivity contribution < 1.29 is 13.2 Å². The van der Waals surface area contributed by atoms with Gasteiger partial charge in [-0.15, -0.1) is 0 Å². The maximum Gasteiger partial charge on any atom is 0.239 e. The number of nitrogen functional groups attached to an aromatic ring is 1. The molecule has 0 radical (unpaired) electrons. The molecular formula is C10H15N3O3S. The molecule has 1 aromatic heterocycles. The van der Waals surface area contributed by atoms with Crippen molar-refractivity contribution in [2.24, 2.45) is 0 Å². The van der Waals surface area contributed by atoms with E-state index in [1.165, 1.54) is 12.3 Å². The fraction of sp³-hybridized carbons (Fsp3) is 0.400. The number of nitrogens with two attached hydrogens (primary N) is 1. The molecule has 0 aliphatic carbocycles. The van der Waals surface area contributed by atoms with Crippen molar-refractivity contribution in [1.29, 1.82) is 0 Å². The molecule has 0 saturated carbocycles. The molecule has 0 aliphatic heterocycles. The minimum absolute atomic E-state index is 0.0143. The second-order valence-corrected chi connectivity index (χ2v) is 5.80. The minimum atomic E-state index is -3.32. The molecule has 1 aromatic rings. The molecule has 6 nitrogen and oxygen atoms in total. The zero-order valence-corrected chi connectivity index (χ0v) is 10.3. The number of aromatic nitrogens is 1. The molecular weight excluding hydrogens is 242 g/mol. The maximum atomic E-state index is 11.4. The van der Waals surface area contributed by atoms with Crippen LogP contribution in [0.3, 0.4) is 0 Å². The molecule has 1 heterocycles. The summed E-state index contributed by atoms with van der Waals surface area (Å²) in [5.74, 6) is -0.724. The van der Waals surface area contributed by atoms with Crippen LogP contribution in [-0.4, -0.2) is 30.8 Å². The van der Waals surface area contributed by atoms with Crippen LogP contribution in [0.25, 0.3) is 0 Å². The van der Waals surface area contributed by atoms with Gasteiger partial charge >= 0.3 is 0 Å². The van der Waals surface area contributed by atoms with Crippen molar-refractivity contribution >= 4 is 27.2 Å². The largest absolute Gasteiger partial charge is 0.384 e. The number of hydrogen-bond acceptors (Lipinski definition) is 5. The number of rotatable bonds is 5. The Hall–Kier alpha value is -1.63. The van der Waals surface area contributed by atoms with Crippen LogP contribution in [0.4, 0.5) is 11.5 Å². The number of nitrogens with zero attached hydrogens (tertiary/aromatic N) is 1. The van der Waals surface area contributed by atoms with Gasteiger partial charge in [-0.3, -0.25) is 4.79 Å². The summed E-state index contributed by atoms with van der Waals surface area (Å²) in [4.78, 5) is 15.2. The summed E-state index contributed by atoms with van der Waals surface area (Å²) in [5.41, 5.74) is 5.81. The van der Waals surface area contributed by atoms with E-state index in [2.05, 4.69) is 10.3 Å². The number of carbonyl (C=O) groups is 1. The third kappa shape index (κ3) is 4.81. The molecule has 3 N–H and O–H groups in total. The average molecular weight is 257 g/mol. The fourth-order valence-corrected chi connectivity index (χ4v) is 2.50. The summed E-state index contributed by atoms with van der Waals surface area (Å²) in [6, 6.07) is 3.09. The molecule has 17 heavy (non-hydrogen) atoms. The molecule has 0 unspecified atom stereocenters. The number of anilines is 2. The molecule has 1 amide bonds. The van der Waals surface area contributed by atoms with Gasteiger partial charge in [0.2, 0.25) is 5.91 Å². The Balaban J connectivity index is 2.59. The third-order valence-corrected chi connectivity index (χ3v) is 3.67. The molecule has 0 fully saturated rings. The Labute approximate surface area is 100 Å². The first-order valence-electron chi connectivity index (χ1n) is 5.15. The van der Waals surface area contributed by atoms with E-state index in [-0.39, 0.29) is 5.75 Å². The molecule has 94 valence electrons. The first kappa shape index (κ1) is 13.4. The highest BCUT2D eigenvalue weighted by atomic mass is 32.2. The van der Waals surface area contributed by atoms with Gasteiger partial charge in [0.25, 0.3) is 0 Å². The van der Waals surface area contributed by atoms with Gasteiger partial charge in [0.15, 0.2) is 9.84 Å². The van der Waals surface area contributed by atoms with Gasteiger partial charge in [-0.2, -0.15) is 0 Å². The van der Waals surface area contributed by atoms with Gasteiger partial charge in [-0.05, 0) is 18.6 Å². The van der Waals surface area contributed by atoms with Gasteiger partial charge in [-0.1, -0.05) is 6.92 Å². The highest BCUT2D eigenvalue weighted by molar-refractivity contribution is 7.92. The quantitative estimate of drug-likeness (QED) is 0.796. The van der Waals surface area contributed by atoms with E-state index in [1.807, 2.05) is 0 Å². The van der Waals surface area contributed by atoms with Crippen molar-refractivity contribution in [2.75, 3.05) is 22.6 Å². The van der Waals surface area contributed by atoms with Gasteiger partial charge in [0.05, 0.1) is 17.6 Å². The smallest absolute Gasteiger partial charge is 0.239 e. The summed E-state index contributed by atoms with van der Waals surface area (Å²) < 4.78 is 22.8. The molecule has 0 aliphatic rings. The van der Waals surface area contributed by atoms with Crippen molar-refractivity contribution in [3.63, 3.8) is 0 Å². The molecule has 0 aromatic carbocycles. The van der Waals surface area contributed by atoms with Gasteiger partial charge < -0.3 is 11.1 Å². The molecule has 0 spiro atoms. The van der Waals surface area contributed by atoms with Gasteiger partial charge in [-0.25, -0.2) is 13.4 Å². The second kappa shape index (κ2) is 5.62. The lowest BCUT2D eigenvalue weighted by molar-refractivity contribution is -0.113. The lowest BCUT2D eigenvalue weighted by Gasteiger charge is -2.05. The predicted octanol–water partition coefficient (Wildman–Crippen LogP) is 0.427. The second-order valence-electron chi connectivity index (χ2n) is 3.61. The molecule has 7 heteroatoms. The van der Waals surface area contributed by atoms with Crippen LogP contribution in [0.5, 0.6) is 0 Å². The van der Waals surface area contributed by atoms with Crippen LogP contribution < -0.4 is 11.1 Å². The SMILES string of the molecule is CCCS(=O)(=O)CC(=O)Nc1ccc(N)nc1. The lowest BCUT2D eigenvalue weighted by atomic mass is 10.4. The van der Waals surface area contributed by atoms with Crippen molar-refractivity contribution in [1.82, 2.24) is 4.98 Å². The van der Waals surface area contributed by atoms with E-state index in [4.69, 9.17) is 5.73 Å².